The van der Waals surface area contributed by atoms with Crippen LogP contribution in [0.25, 0.3) is 0 Å². The number of H-pyrrole nitrogens is 1. The van der Waals surface area contributed by atoms with Crippen LogP contribution in [0.2, 0.25) is 0 Å². The number of aliphatic hydroxyl groups excluding tert-OH is 1. The highest BCUT2D eigenvalue weighted by Gasteiger charge is 2.48. The number of hydrogen-bond acceptors (Lipinski definition) is 9. The van der Waals surface area contributed by atoms with E-state index in [0.717, 1.165) is 0 Å². The maximum absolute atomic E-state index is 14.6. The first-order chi connectivity index (χ1) is 14.6. The Morgan fingerprint density at radius 2 is 1.81 bits per heavy atom. The van der Waals surface area contributed by atoms with Gasteiger partial charge in [-0.3, -0.25) is 9.32 Å². The molecule has 180 valence electrons. The lowest BCUT2D eigenvalue weighted by molar-refractivity contribution is -0.0231. The fourth-order valence-corrected chi connectivity index (χ4v) is 5.63. The lowest BCUT2D eigenvalue weighted by Gasteiger charge is -2.19. The van der Waals surface area contributed by atoms with Crippen LogP contribution in [0.3, 0.4) is 0 Å². The van der Waals surface area contributed by atoms with E-state index in [0.29, 0.717) is 6.07 Å². The average Bonchev–Trinajstić information content (AvgIpc) is 2.85. The number of phosphoric acid groups is 3. The lowest BCUT2D eigenvalue weighted by Crippen LogP contribution is -2.31. The molecule has 32 heavy (non-hydrogen) atoms. The summed E-state index contributed by atoms with van der Waals surface area (Å²) < 4.78 is 79.0. The number of alkyl halides is 1. The van der Waals surface area contributed by atoms with Gasteiger partial charge in [-0.25, -0.2) is 22.5 Å². The molecule has 0 aromatic carbocycles. The Kier molecular flexibility index (Phi) is 8.34. The van der Waals surface area contributed by atoms with Crippen LogP contribution in [0.1, 0.15) is 24.3 Å². The highest BCUT2D eigenvalue weighted by molar-refractivity contribution is 7.66. The van der Waals surface area contributed by atoms with Gasteiger partial charge in [0.25, 0.3) is 5.56 Å². The molecule has 1 aromatic heterocycles. The van der Waals surface area contributed by atoms with Crippen molar-refractivity contribution < 1.29 is 65.0 Å². The van der Waals surface area contributed by atoms with Gasteiger partial charge in [0.2, 0.25) is 0 Å². The number of rotatable bonds is 8. The quantitative estimate of drug-likeness (QED) is 0.200. The van der Waals surface area contributed by atoms with E-state index >= 15 is 0 Å². The lowest BCUT2D eigenvalue weighted by atomic mass is 10.0. The Morgan fingerprint density at radius 1 is 1.19 bits per heavy atom. The molecule has 0 amide bonds. The van der Waals surface area contributed by atoms with Gasteiger partial charge in [-0.15, -0.1) is 0 Å². The second-order valence-electron chi connectivity index (χ2n) is 6.06. The zero-order valence-electron chi connectivity index (χ0n) is 15.7. The molecule has 0 spiro atoms. The molecule has 0 aliphatic carbocycles. The third-order valence-corrected chi connectivity index (χ3v) is 7.51. The molecule has 0 bridgehead atoms. The molecular formula is C13H16F2NO13P3. The second kappa shape index (κ2) is 9.90. The largest absolute Gasteiger partial charge is 0.490 e. The van der Waals surface area contributed by atoms with E-state index in [-0.39, 0.29) is 5.69 Å². The van der Waals surface area contributed by atoms with E-state index in [4.69, 9.17) is 19.4 Å². The van der Waals surface area contributed by atoms with Crippen LogP contribution >= 0.6 is 23.5 Å². The SMILES string of the molecule is CC#Cc1[nH]c(=O)cc(F)c1[C@@H]1O[C@H](COP(=O)(O)OP(=O)(O)OP(=O)(O)O)C(O)[C@@H]1F. The Labute approximate surface area is 177 Å². The van der Waals surface area contributed by atoms with Crippen LogP contribution in [-0.2, 0) is 31.6 Å². The fraction of sp³-hybridized carbons (Fsp3) is 0.462. The van der Waals surface area contributed by atoms with Crippen molar-refractivity contribution in [2.24, 2.45) is 0 Å². The van der Waals surface area contributed by atoms with Crippen molar-refractivity contribution in [3.8, 4) is 11.8 Å². The predicted molar refractivity (Wildman–Crippen MR) is 97.9 cm³/mol. The number of aromatic amines is 1. The zero-order valence-corrected chi connectivity index (χ0v) is 18.4. The zero-order chi connectivity index (χ0) is 24.5. The molecule has 19 heteroatoms. The van der Waals surface area contributed by atoms with E-state index in [9.17, 15) is 37.3 Å². The summed E-state index contributed by atoms with van der Waals surface area (Å²) in [5, 5.41) is 9.98. The van der Waals surface area contributed by atoms with Crippen molar-refractivity contribution in [2.45, 2.75) is 31.4 Å². The molecule has 3 unspecified atom stereocenters. The van der Waals surface area contributed by atoms with Crippen molar-refractivity contribution in [2.75, 3.05) is 6.61 Å². The van der Waals surface area contributed by atoms with Crippen LogP contribution in [0.5, 0.6) is 0 Å². The molecule has 2 heterocycles. The van der Waals surface area contributed by atoms with Gasteiger partial charge in [-0.05, 0) is 12.8 Å². The molecule has 1 saturated heterocycles. The van der Waals surface area contributed by atoms with Gasteiger partial charge in [0.1, 0.15) is 29.8 Å². The maximum Gasteiger partial charge on any atom is 0.490 e. The molecule has 0 radical (unpaired) electrons. The summed E-state index contributed by atoms with van der Waals surface area (Å²) in [6, 6.07) is 0.484. The topological polar surface area (TPSA) is 222 Å². The minimum atomic E-state index is -5.79. The summed E-state index contributed by atoms with van der Waals surface area (Å²) in [6.45, 7) is 0.178. The smallest absolute Gasteiger partial charge is 0.387 e. The van der Waals surface area contributed by atoms with Crippen molar-refractivity contribution >= 4 is 23.5 Å². The molecule has 1 aliphatic rings. The normalized spacial score (nSPS) is 27.2. The van der Waals surface area contributed by atoms with Gasteiger partial charge in [-0.2, -0.15) is 8.62 Å². The number of halogens is 2. The fourth-order valence-electron chi connectivity index (χ4n) is 2.60. The van der Waals surface area contributed by atoms with Gasteiger partial charge >= 0.3 is 23.5 Å². The molecule has 1 aromatic rings. The number of pyridine rings is 1. The molecular weight excluding hydrogens is 509 g/mol. The van der Waals surface area contributed by atoms with Gasteiger partial charge in [-0.1, -0.05) is 5.92 Å². The van der Waals surface area contributed by atoms with E-state index in [1.807, 2.05) is 0 Å². The highest BCUT2D eigenvalue weighted by Crippen LogP contribution is 2.66. The minimum Gasteiger partial charge on any atom is -0.387 e. The summed E-state index contributed by atoms with van der Waals surface area (Å²) >= 11 is 0. The monoisotopic (exact) mass is 525 g/mol. The van der Waals surface area contributed by atoms with Crippen LogP contribution in [0.4, 0.5) is 8.78 Å². The summed E-state index contributed by atoms with van der Waals surface area (Å²) in [6.07, 6.45) is -8.00. The Balaban J connectivity index is 2.17. The Bertz CT molecular complexity index is 1120. The number of hydrogen-bond donors (Lipinski definition) is 6. The highest BCUT2D eigenvalue weighted by atomic mass is 31.3. The van der Waals surface area contributed by atoms with Gasteiger partial charge in [0, 0.05) is 6.07 Å². The third-order valence-electron chi connectivity index (χ3n) is 3.70. The maximum atomic E-state index is 14.6. The molecule has 6 N–H and O–H groups in total. The molecule has 2 rings (SSSR count). The Morgan fingerprint density at radius 3 is 2.38 bits per heavy atom. The first-order valence-electron chi connectivity index (χ1n) is 8.16. The first-order valence-corrected chi connectivity index (χ1v) is 12.7. The van der Waals surface area contributed by atoms with E-state index in [2.05, 4.69) is 30.0 Å². The minimum absolute atomic E-state index is 0.342. The van der Waals surface area contributed by atoms with Crippen LogP contribution in [-0.4, -0.2) is 54.7 Å². The van der Waals surface area contributed by atoms with Crippen molar-refractivity contribution in [1.82, 2.24) is 4.98 Å². The average molecular weight is 525 g/mol. The summed E-state index contributed by atoms with van der Waals surface area (Å²) in [4.78, 5) is 49.0. The predicted octanol–water partition coefficient (Wildman–Crippen LogP) is 0.368. The van der Waals surface area contributed by atoms with Gasteiger partial charge in [0.05, 0.1) is 12.2 Å². The van der Waals surface area contributed by atoms with E-state index in [1.54, 1.807) is 0 Å². The van der Waals surface area contributed by atoms with E-state index in [1.165, 1.54) is 6.92 Å². The summed E-state index contributed by atoms with van der Waals surface area (Å²) in [7, 11) is -17.0. The Hall–Kier alpha value is -1.30. The van der Waals surface area contributed by atoms with Crippen molar-refractivity contribution in [1.29, 1.82) is 0 Å². The number of ether oxygens (including phenoxy) is 1. The molecule has 0 saturated carbocycles. The number of aromatic nitrogens is 1. The van der Waals surface area contributed by atoms with Crippen molar-refractivity contribution in [3.05, 3.63) is 33.5 Å². The summed E-state index contributed by atoms with van der Waals surface area (Å²) in [5.41, 5.74) is -1.78. The van der Waals surface area contributed by atoms with Crippen LogP contribution < -0.4 is 5.56 Å². The number of phosphoric ester groups is 1. The van der Waals surface area contributed by atoms with Gasteiger partial charge < -0.3 is 34.4 Å². The standard InChI is InChI=1S/C13H16F2NO13P3/c1-2-3-7-10(6(14)4-9(17)16-7)13-11(15)12(18)8(27-13)5-26-31(22,23)29-32(24,25)28-30(19,20)21/h4,8,11-13,18H,5H2,1H3,(H,16,17)(H,22,23)(H,24,25)(H2,19,20,21)/t8-,11+,12?,13+/m1/s1. The molecule has 1 fully saturated rings. The van der Waals surface area contributed by atoms with Crippen LogP contribution in [0.15, 0.2) is 10.9 Å². The van der Waals surface area contributed by atoms with Gasteiger partial charge in [0.15, 0.2) is 6.17 Å². The van der Waals surface area contributed by atoms with Crippen LogP contribution in [0, 0.1) is 17.7 Å². The molecule has 6 atom stereocenters. The number of aliphatic hydroxyl groups is 1. The second-order valence-corrected chi connectivity index (χ2v) is 10.5. The van der Waals surface area contributed by atoms with Crippen molar-refractivity contribution in [3.63, 3.8) is 0 Å². The van der Waals surface area contributed by atoms with E-state index < -0.39 is 71.5 Å². The first kappa shape index (κ1) is 26.9. The molecule has 1 aliphatic heterocycles. The number of nitrogens with one attached hydrogen (secondary N) is 1. The summed E-state index contributed by atoms with van der Waals surface area (Å²) in [5.74, 6) is 3.50. The molecule has 14 nitrogen and oxygen atoms in total. The third kappa shape index (κ3) is 7.10.